The van der Waals surface area contributed by atoms with Crippen LogP contribution in [-0.4, -0.2) is 81.9 Å². The van der Waals surface area contributed by atoms with Gasteiger partial charge in [0.05, 0.1) is 29.9 Å². The number of pyridine rings is 2. The van der Waals surface area contributed by atoms with E-state index >= 15 is 4.39 Å². The number of nitrogens with zero attached hydrogens (tertiary/aromatic N) is 6. The van der Waals surface area contributed by atoms with Crippen molar-refractivity contribution in [2.24, 2.45) is 0 Å². The van der Waals surface area contributed by atoms with Gasteiger partial charge in [0.25, 0.3) is 0 Å². The maximum atomic E-state index is 15.9. The zero-order chi connectivity index (χ0) is 26.6. The number of aliphatic hydroxyl groups is 1. The molecule has 2 aromatic rings. The van der Waals surface area contributed by atoms with Gasteiger partial charge in [0.1, 0.15) is 29.1 Å². The number of piperazine rings is 1. The highest BCUT2D eigenvalue weighted by atomic mass is 19.1. The highest BCUT2D eigenvalue weighted by Crippen LogP contribution is 2.57. The summed E-state index contributed by atoms with van der Waals surface area (Å²) in [5, 5.41) is 23.2. The molecule has 3 aliphatic heterocycles. The summed E-state index contributed by atoms with van der Waals surface area (Å²) >= 11 is 0. The topological polar surface area (TPSA) is 126 Å². The van der Waals surface area contributed by atoms with Gasteiger partial charge >= 0.3 is 0 Å². The van der Waals surface area contributed by atoms with Crippen LogP contribution in [0.3, 0.4) is 0 Å². The molecule has 0 unspecified atom stereocenters. The number of nitriles is 1. The van der Waals surface area contributed by atoms with Gasteiger partial charge < -0.3 is 20.2 Å². The van der Waals surface area contributed by atoms with Crippen LogP contribution in [0.4, 0.5) is 21.7 Å². The van der Waals surface area contributed by atoms with Crippen LogP contribution in [0.1, 0.15) is 59.3 Å². The SMILES string of the molecule is CN1CCN(Cc2cc3c(nc2C=O)N(c2cc(N[C@@H]4CCC[C@H]4O)c(C#N)cn2)C2CC3(F)C2)C(=O)C1. The molecule has 198 valence electrons. The Kier molecular flexibility index (Phi) is 6.04. The Balaban J connectivity index is 1.36. The average molecular weight is 520 g/mol. The second-order valence-corrected chi connectivity index (χ2v) is 10.9. The Bertz CT molecular complexity index is 1340. The summed E-state index contributed by atoms with van der Waals surface area (Å²) in [5.41, 5.74) is 0.465. The Hall–Kier alpha value is -3.62. The van der Waals surface area contributed by atoms with Crippen LogP contribution < -0.4 is 10.2 Å². The lowest BCUT2D eigenvalue weighted by Gasteiger charge is -2.53. The number of anilines is 3. The molecule has 38 heavy (non-hydrogen) atoms. The molecule has 2 saturated carbocycles. The lowest BCUT2D eigenvalue weighted by molar-refractivity contribution is -0.136. The number of hydrogen-bond acceptors (Lipinski definition) is 9. The summed E-state index contributed by atoms with van der Waals surface area (Å²) in [6.45, 7) is 1.76. The summed E-state index contributed by atoms with van der Waals surface area (Å²) in [6.07, 6.45) is 4.57. The van der Waals surface area contributed by atoms with E-state index in [9.17, 15) is 20.0 Å². The second kappa shape index (κ2) is 9.29. The van der Waals surface area contributed by atoms with Crippen molar-refractivity contribution in [2.45, 2.75) is 62.5 Å². The maximum absolute atomic E-state index is 15.9. The molecule has 0 aromatic carbocycles. The number of amides is 1. The molecule has 10 nitrogen and oxygen atoms in total. The highest BCUT2D eigenvalue weighted by molar-refractivity contribution is 5.81. The van der Waals surface area contributed by atoms with Crippen molar-refractivity contribution in [2.75, 3.05) is 36.9 Å². The molecule has 7 rings (SSSR count). The monoisotopic (exact) mass is 519 g/mol. The van der Waals surface area contributed by atoms with E-state index in [-0.39, 0.29) is 43.1 Å². The predicted molar refractivity (Wildman–Crippen MR) is 137 cm³/mol. The predicted octanol–water partition coefficient (Wildman–Crippen LogP) is 2.24. The number of hydrogen-bond donors (Lipinski definition) is 2. The largest absolute Gasteiger partial charge is 0.391 e. The number of rotatable bonds is 6. The third-order valence-corrected chi connectivity index (χ3v) is 8.37. The van der Waals surface area contributed by atoms with E-state index in [1.165, 1.54) is 6.20 Å². The second-order valence-electron chi connectivity index (χ2n) is 10.9. The van der Waals surface area contributed by atoms with E-state index < -0.39 is 11.8 Å². The molecule has 2 aliphatic carbocycles. The molecular weight excluding hydrogens is 489 g/mol. The molecule has 0 radical (unpaired) electrons. The van der Waals surface area contributed by atoms with Crippen molar-refractivity contribution < 1.29 is 19.1 Å². The number of halogens is 1. The van der Waals surface area contributed by atoms with Gasteiger partial charge in [0, 0.05) is 61.9 Å². The zero-order valence-corrected chi connectivity index (χ0v) is 21.2. The van der Waals surface area contributed by atoms with E-state index in [0.29, 0.717) is 59.8 Å². The van der Waals surface area contributed by atoms with Gasteiger partial charge in [-0.1, -0.05) is 0 Å². The van der Waals surface area contributed by atoms with Gasteiger partial charge in [0.2, 0.25) is 5.91 Å². The van der Waals surface area contributed by atoms with Crippen molar-refractivity contribution >= 4 is 29.5 Å². The van der Waals surface area contributed by atoms with Crippen LogP contribution in [0, 0.1) is 11.3 Å². The number of nitrogens with one attached hydrogen (secondary N) is 1. The molecule has 2 aromatic heterocycles. The van der Waals surface area contributed by atoms with Crippen LogP contribution in [0.2, 0.25) is 0 Å². The summed E-state index contributed by atoms with van der Waals surface area (Å²) in [6, 6.07) is 5.24. The van der Waals surface area contributed by atoms with Gasteiger partial charge in [-0.3, -0.25) is 14.5 Å². The molecule has 1 amide bonds. The molecule has 11 heteroatoms. The third kappa shape index (κ3) is 4.08. The summed E-state index contributed by atoms with van der Waals surface area (Å²) in [4.78, 5) is 39.2. The fourth-order valence-corrected chi connectivity index (χ4v) is 6.15. The quantitative estimate of drug-likeness (QED) is 0.553. The number of likely N-dealkylation sites (N-methyl/N-ethyl adjacent to an activating group) is 1. The Labute approximate surface area is 220 Å². The highest BCUT2D eigenvalue weighted by Gasteiger charge is 2.56. The summed E-state index contributed by atoms with van der Waals surface area (Å²) in [7, 11) is 1.88. The first-order valence-corrected chi connectivity index (χ1v) is 13.1. The Morgan fingerprint density at radius 2 is 2.13 bits per heavy atom. The first kappa shape index (κ1) is 24.7. The summed E-state index contributed by atoms with van der Waals surface area (Å²) in [5.74, 6) is 0.802. The third-order valence-electron chi connectivity index (χ3n) is 8.37. The Morgan fingerprint density at radius 3 is 2.82 bits per heavy atom. The van der Waals surface area contributed by atoms with Crippen LogP contribution in [0.15, 0.2) is 18.3 Å². The lowest BCUT2D eigenvalue weighted by Crippen LogP contribution is -2.55. The molecule has 2 N–H and O–H groups in total. The number of alkyl halides is 1. The first-order valence-electron chi connectivity index (χ1n) is 13.1. The Morgan fingerprint density at radius 1 is 1.32 bits per heavy atom. The van der Waals surface area contributed by atoms with Gasteiger partial charge in [-0.25, -0.2) is 14.4 Å². The van der Waals surface area contributed by atoms with E-state index in [1.54, 1.807) is 17.0 Å². The summed E-state index contributed by atoms with van der Waals surface area (Å²) < 4.78 is 15.9. The average Bonchev–Trinajstić information content (AvgIpc) is 3.29. The molecule has 5 heterocycles. The number of aromatic nitrogens is 2. The normalized spacial score (nSPS) is 28.5. The van der Waals surface area contributed by atoms with Crippen LogP contribution in [0.5, 0.6) is 0 Å². The van der Waals surface area contributed by atoms with Gasteiger partial charge in [-0.05, 0) is 32.4 Å². The van der Waals surface area contributed by atoms with E-state index in [0.717, 1.165) is 19.4 Å². The van der Waals surface area contributed by atoms with Gasteiger partial charge in [-0.15, -0.1) is 0 Å². The molecule has 3 fully saturated rings. The molecular formula is C27H30FN7O3. The minimum atomic E-state index is -1.55. The molecule has 2 bridgehead atoms. The van der Waals surface area contributed by atoms with E-state index in [1.807, 2.05) is 16.8 Å². The van der Waals surface area contributed by atoms with Crippen molar-refractivity contribution in [1.82, 2.24) is 19.8 Å². The first-order chi connectivity index (χ1) is 18.3. The van der Waals surface area contributed by atoms with E-state index in [2.05, 4.69) is 21.4 Å². The molecule has 2 atom stereocenters. The standard InChI is InChI=1S/C27H30FN7O3/c1-33-5-6-34(25(38)14-33)13-16-7-19-26(32-22(16)15-36)35(18-9-27(19,28)10-18)24-8-21(17(11-29)12-30-24)31-20-3-2-4-23(20)37/h7-8,12,15,18,20,23,37H,2-6,9-10,13-14H2,1H3,(H,30,31)/t18?,20-,23-,27?/m1/s1. The minimum absolute atomic E-state index is 0.0391. The molecule has 5 aliphatic rings. The van der Waals surface area contributed by atoms with Crippen molar-refractivity contribution in [3.8, 4) is 6.07 Å². The lowest BCUT2D eigenvalue weighted by atomic mass is 9.68. The van der Waals surface area contributed by atoms with Crippen molar-refractivity contribution in [3.05, 3.63) is 40.7 Å². The van der Waals surface area contributed by atoms with Crippen molar-refractivity contribution in [3.63, 3.8) is 0 Å². The number of aldehydes is 1. The van der Waals surface area contributed by atoms with Gasteiger partial charge in [0.15, 0.2) is 6.29 Å². The number of carbonyl (C=O) groups is 2. The number of aliphatic hydroxyl groups excluding tert-OH is 1. The number of carbonyl (C=O) groups excluding carboxylic acids is 2. The minimum Gasteiger partial charge on any atom is -0.391 e. The van der Waals surface area contributed by atoms with Crippen LogP contribution >= 0.6 is 0 Å². The van der Waals surface area contributed by atoms with Crippen LogP contribution in [-0.2, 0) is 17.0 Å². The van der Waals surface area contributed by atoms with Gasteiger partial charge in [-0.2, -0.15) is 5.26 Å². The fourth-order valence-electron chi connectivity index (χ4n) is 6.15. The molecule has 1 saturated heterocycles. The fraction of sp³-hybridized carbons (Fsp3) is 0.519. The maximum Gasteiger partial charge on any atom is 0.237 e. The van der Waals surface area contributed by atoms with E-state index in [4.69, 9.17) is 0 Å². The molecule has 0 spiro atoms. The van der Waals surface area contributed by atoms with Crippen molar-refractivity contribution in [1.29, 1.82) is 5.26 Å². The smallest absolute Gasteiger partial charge is 0.237 e. The zero-order valence-electron chi connectivity index (χ0n) is 21.2. The van der Waals surface area contributed by atoms with Crippen LogP contribution in [0.25, 0.3) is 0 Å².